The van der Waals surface area contributed by atoms with Crippen LogP contribution in [0.4, 0.5) is 0 Å². The average molecular weight is 344 g/mol. The fraction of sp³-hybridized carbons (Fsp3) is 0.682. The lowest BCUT2D eigenvalue weighted by Gasteiger charge is -2.40. The predicted octanol–water partition coefficient (Wildman–Crippen LogP) is 4.11. The average Bonchev–Trinajstić information content (AvgIpc) is 2.93. The summed E-state index contributed by atoms with van der Waals surface area (Å²) in [6.07, 6.45) is 15.4. The molecule has 3 nitrogen and oxygen atoms in total. The quantitative estimate of drug-likeness (QED) is 0.563. The Balaban J connectivity index is 1.86. The number of hydrogen-bond acceptors (Lipinski definition) is 3. The molecule has 3 aliphatic carbocycles. The van der Waals surface area contributed by atoms with Crippen LogP contribution in [0.2, 0.25) is 0 Å². The standard InChI is InChI=1S/C22H32O3/c1-3-4-5-6-7-8-17-10-9-15(2)11-20-19-13-18(23)12-16(19)14-22(17,25)21(20)24/h9-11,14,17-20,23,25H,3-8,12-13H2,1-2H3/b10-9-,15-11-/t17-,18-,19-,20+,22-/m0/s1. The molecule has 2 N–H and O–H groups in total. The lowest BCUT2D eigenvalue weighted by atomic mass is 9.65. The number of rotatable bonds is 6. The number of carbonyl (C=O) groups is 1. The van der Waals surface area contributed by atoms with Crippen LogP contribution >= 0.6 is 0 Å². The maximum Gasteiger partial charge on any atom is 0.176 e. The summed E-state index contributed by atoms with van der Waals surface area (Å²) >= 11 is 0. The van der Waals surface area contributed by atoms with E-state index in [9.17, 15) is 15.0 Å². The number of aliphatic hydroxyl groups excluding tert-OH is 1. The van der Waals surface area contributed by atoms with E-state index >= 15 is 0 Å². The minimum Gasteiger partial charge on any atom is -0.393 e. The highest BCUT2D eigenvalue weighted by molar-refractivity contribution is 5.95. The first-order valence-corrected chi connectivity index (χ1v) is 9.98. The molecule has 0 aromatic heterocycles. The first kappa shape index (κ1) is 18.6. The largest absolute Gasteiger partial charge is 0.393 e. The third-order valence-corrected chi connectivity index (χ3v) is 6.23. The minimum absolute atomic E-state index is 0.0643. The third kappa shape index (κ3) is 3.68. The van der Waals surface area contributed by atoms with E-state index in [0.29, 0.717) is 12.8 Å². The second-order valence-electron chi connectivity index (χ2n) is 8.21. The normalized spacial score (nSPS) is 40.6. The Hall–Kier alpha value is -1.19. The van der Waals surface area contributed by atoms with Gasteiger partial charge in [0.1, 0.15) is 5.60 Å². The zero-order valence-electron chi connectivity index (χ0n) is 15.6. The monoisotopic (exact) mass is 344 g/mol. The lowest BCUT2D eigenvalue weighted by molar-refractivity contribution is -0.141. The summed E-state index contributed by atoms with van der Waals surface area (Å²) in [5.74, 6) is -0.472. The van der Waals surface area contributed by atoms with E-state index < -0.39 is 5.60 Å². The molecule has 3 rings (SSSR count). The summed E-state index contributed by atoms with van der Waals surface area (Å²) < 4.78 is 0. The fourth-order valence-corrected chi connectivity index (χ4v) is 4.82. The minimum atomic E-state index is -1.40. The van der Waals surface area contributed by atoms with Gasteiger partial charge in [-0.3, -0.25) is 4.79 Å². The van der Waals surface area contributed by atoms with Crippen molar-refractivity contribution in [1.82, 2.24) is 0 Å². The van der Waals surface area contributed by atoms with E-state index in [4.69, 9.17) is 0 Å². The molecule has 0 amide bonds. The molecule has 1 fully saturated rings. The van der Waals surface area contributed by atoms with Crippen LogP contribution < -0.4 is 0 Å². The van der Waals surface area contributed by atoms with Gasteiger partial charge in [0.2, 0.25) is 0 Å². The van der Waals surface area contributed by atoms with Crippen LogP contribution in [-0.2, 0) is 4.79 Å². The topological polar surface area (TPSA) is 57.5 Å². The van der Waals surface area contributed by atoms with Crippen LogP contribution in [-0.4, -0.2) is 27.7 Å². The van der Waals surface area contributed by atoms with Crippen molar-refractivity contribution >= 4 is 5.78 Å². The summed E-state index contributed by atoms with van der Waals surface area (Å²) in [6.45, 7) is 4.23. The molecule has 1 saturated carbocycles. The van der Waals surface area contributed by atoms with Crippen LogP contribution in [0.5, 0.6) is 0 Å². The van der Waals surface area contributed by atoms with Gasteiger partial charge in [0.05, 0.1) is 6.10 Å². The van der Waals surface area contributed by atoms with Gasteiger partial charge in [0.25, 0.3) is 0 Å². The van der Waals surface area contributed by atoms with Gasteiger partial charge in [-0.2, -0.15) is 0 Å². The molecule has 0 aliphatic heterocycles. The molecule has 0 heterocycles. The van der Waals surface area contributed by atoms with Crippen molar-refractivity contribution in [2.75, 3.05) is 0 Å². The van der Waals surface area contributed by atoms with Crippen LogP contribution in [0.25, 0.3) is 0 Å². The molecular formula is C22H32O3. The molecule has 5 atom stereocenters. The molecule has 3 heteroatoms. The van der Waals surface area contributed by atoms with Crippen LogP contribution in [0.3, 0.4) is 0 Å². The fourth-order valence-electron chi connectivity index (χ4n) is 4.82. The Morgan fingerprint density at radius 3 is 2.76 bits per heavy atom. The highest BCUT2D eigenvalue weighted by atomic mass is 16.3. The summed E-state index contributed by atoms with van der Waals surface area (Å²) in [6, 6.07) is 0. The predicted molar refractivity (Wildman–Crippen MR) is 100 cm³/mol. The molecule has 138 valence electrons. The zero-order chi connectivity index (χ0) is 18.0. The van der Waals surface area contributed by atoms with Gasteiger partial charge in [0.15, 0.2) is 5.78 Å². The zero-order valence-corrected chi connectivity index (χ0v) is 15.6. The van der Waals surface area contributed by atoms with Gasteiger partial charge in [-0.15, -0.1) is 0 Å². The second kappa shape index (κ2) is 7.59. The number of ketones is 1. The second-order valence-corrected chi connectivity index (χ2v) is 8.21. The Morgan fingerprint density at radius 2 is 2.00 bits per heavy atom. The van der Waals surface area contributed by atoms with E-state index in [1.807, 2.05) is 25.2 Å². The maximum absolute atomic E-state index is 13.2. The number of aliphatic hydroxyl groups is 2. The van der Waals surface area contributed by atoms with Crippen molar-refractivity contribution in [1.29, 1.82) is 0 Å². The van der Waals surface area contributed by atoms with Gasteiger partial charge < -0.3 is 10.2 Å². The number of carbonyl (C=O) groups excluding carboxylic acids is 1. The maximum atomic E-state index is 13.2. The van der Waals surface area contributed by atoms with Gasteiger partial charge >= 0.3 is 0 Å². The van der Waals surface area contributed by atoms with E-state index in [1.54, 1.807) is 0 Å². The van der Waals surface area contributed by atoms with Crippen molar-refractivity contribution in [3.63, 3.8) is 0 Å². The third-order valence-electron chi connectivity index (χ3n) is 6.23. The van der Waals surface area contributed by atoms with Crippen molar-refractivity contribution in [2.45, 2.75) is 76.9 Å². The number of unbranched alkanes of at least 4 members (excludes halogenated alkanes) is 4. The molecule has 0 unspecified atom stereocenters. The van der Waals surface area contributed by atoms with Gasteiger partial charge in [-0.1, -0.05) is 68.4 Å². The first-order valence-electron chi connectivity index (χ1n) is 9.98. The van der Waals surface area contributed by atoms with E-state index in [0.717, 1.165) is 30.4 Å². The Morgan fingerprint density at radius 1 is 1.24 bits per heavy atom. The number of hydrogen-bond donors (Lipinski definition) is 2. The molecule has 0 aromatic carbocycles. The highest BCUT2D eigenvalue weighted by Crippen LogP contribution is 2.47. The van der Waals surface area contributed by atoms with Gasteiger partial charge in [-0.25, -0.2) is 0 Å². The van der Waals surface area contributed by atoms with Crippen LogP contribution in [0.15, 0.2) is 35.5 Å². The molecule has 0 spiro atoms. The van der Waals surface area contributed by atoms with E-state index in [-0.39, 0.29) is 29.6 Å². The first-order chi connectivity index (χ1) is 12.0. The van der Waals surface area contributed by atoms with Crippen molar-refractivity contribution in [2.24, 2.45) is 17.8 Å². The molecular weight excluding hydrogens is 312 g/mol. The summed E-state index contributed by atoms with van der Waals surface area (Å²) in [5.41, 5.74) is 0.757. The van der Waals surface area contributed by atoms with E-state index in [2.05, 4.69) is 13.0 Å². The molecule has 0 saturated heterocycles. The SMILES string of the molecule is CCCCCCC[C@H]1/C=C\C(C)=C/[C@H]2C(=O)[C@]1(O)C=C1C[C@H](O)C[C@@H]12. The highest BCUT2D eigenvalue weighted by Gasteiger charge is 2.52. The Labute approximate surface area is 151 Å². The molecule has 0 radical (unpaired) electrons. The molecule has 25 heavy (non-hydrogen) atoms. The lowest BCUT2D eigenvalue weighted by Crippen LogP contribution is -2.51. The Kier molecular flexibility index (Phi) is 5.65. The van der Waals surface area contributed by atoms with Crippen LogP contribution in [0, 0.1) is 17.8 Å². The number of allylic oxidation sites excluding steroid dienone is 3. The number of fused-ring (bicyclic) bond motifs is 4. The smallest absolute Gasteiger partial charge is 0.176 e. The van der Waals surface area contributed by atoms with Crippen LogP contribution in [0.1, 0.15) is 65.2 Å². The number of Topliss-reactive ketones (excluding diaryl/α,β-unsaturated/α-hetero) is 1. The van der Waals surface area contributed by atoms with Crippen molar-refractivity contribution in [3.05, 3.63) is 35.5 Å². The molecule has 2 bridgehead atoms. The molecule has 0 aromatic rings. The summed E-state index contributed by atoms with van der Waals surface area (Å²) in [5, 5.41) is 21.4. The summed E-state index contributed by atoms with van der Waals surface area (Å²) in [4.78, 5) is 13.2. The molecule has 3 aliphatic rings. The van der Waals surface area contributed by atoms with Gasteiger partial charge in [0, 0.05) is 11.8 Å². The van der Waals surface area contributed by atoms with Crippen molar-refractivity contribution in [3.8, 4) is 0 Å². The summed E-state index contributed by atoms with van der Waals surface area (Å²) in [7, 11) is 0. The van der Waals surface area contributed by atoms with Gasteiger partial charge in [-0.05, 0) is 38.2 Å². The Bertz CT molecular complexity index is 600. The van der Waals surface area contributed by atoms with Crippen molar-refractivity contribution < 1.29 is 15.0 Å². The van der Waals surface area contributed by atoms with E-state index in [1.165, 1.54) is 19.3 Å².